The van der Waals surface area contributed by atoms with Gasteiger partial charge in [-0.2, -0.15) is 0 Å². The number of fused-ring (bicyclic) bond motifs is 1. The molecule has 0 atom stereocenters. The second-order valence-corrected chi connectivity index (χ2v) is 5.41. The topological polar surface area (TPSA) is 90.4 Å². The summed E-state index contributed by atoms with van der Waals surface area (Å²) in [7, 11) is 0. The highest BCUT2D eigenvalue weighted by Crippen LogP contribution is 2.24. The molecular weight excluding hydrogens is 318 g/mol. The Hall–Kier alpha value is -3.28. The predicted octanol–water partition coefficient (Wildman–Crippen LogP) is 3.29. The molecule has 0 saturated heterocycles. The first-order valence-corrected chi connectivity index (χ1v) is 7.92. The van der Waals surface area contributed by atoms with Gasteiger partial charge in [0.15, 0.2) is 0 Å². The smallest absolute Gasteiger partial charge is 0.255 e. The maximum Gasteiger partial charge on any atom is 0.255 e. The number of carbonyl (C=O) groups is 1. The van der Waals surface area contributed by atoms with E-state index in [2.05, 4.69) is 10.3 Å². The SMILES string of the molecule is C/C=C/COc1ccc2cc(CNC(=O)c3cccnc3N)oc2c1. The van der Waals surface area contributed by atoms with Gasteiger partial charge in [0.05, 0.1) is 12.1 Å². The van der Waals surface area contributed by atoms with E-state index in [4.69, 9.17) is 14.9 Å². The number of nitrogens with one attached hydrogen (secondary N) is 1. The Labute approximate surface area is 145 Å². The van der Waals surface area contributed by atoms with Crippen LogP contribution in [0.5, 0.6) is 5.75 Å². The second-order valence-electron chi connectivity index (χ2n) is 5.41. The molecular formula is C19H19N3O3. The van der Waals surface area contributed by atoms with E-state index in [9.17, 15) is 4.79 Å². The van der Waals surface area contributed by atoms with Crippen LogP contribution in [-0.4, -0.2) is 17.5 Å². The van der Waals surface area contributed by atoms with Crippen molar-refractivity contribution in [1.82, 2.24) is 10.3 Å². The maximum atomic E-state index is 12.2. The number of furan rings is 1. The number of ether oxygens (including phenoxy) is 1. The molecule has 0 unspecified atom stereocenters. The summed E-state index contributed by atoms with van der Waals surface area (Å²) in [6, 6.07) is 10.8. The third-order valence-corrected chi connectivity index (χ3v) is 3.63. The highest BCUT2D eigenvalue weighted by Gasteiger charge is 2.11. The van der Waals surface area contributed by atoms with Gasteiger partial charge in [0, 0.05) is 17.6 Å². The first-order chi connectivity index (χ1) is 12.2. The molecule has 0 aliphatic rings. The summed E-state index contributed by atoms with van der Waals surface area (Å²) in [5.74, 6) is 1.30. The van der Waals surface area contributed by atoms with E-state index in [1.807, 2.05) is 43.3 Å². The molecule has 1 amide bonds. The minimum absolute atomic E-state index is 0.201. The molecule has 0 spiro atoms. The van der Waals surface area contributed by atoms with Gasteiger partial charge in [0.1, 0.15) is 29.5 Å². The van der Waals surface area contributed by atoms with Crippen molar-refractivity contribution in [2.24, 2.45) is 0 Å². The van der Waals surface area contributed by atoms with Crippen LogP contribution >= 0.6 is 0 Å². The standard InChI is InChI=1S/C19H19N3O3/c1-2-3-9-24-14-7-6-13-10-15(25-17(13)11-14)12-22-19(23)16-5-4-8-21-18(16)20/h2-8,10-11H,9,12H2,1H3,(H2,20,21)(H,22,23)/b3-2+. The molecule has 6 heteroatoms. The van der Waals surface area contributed by atoms with E-state index >= 15 is 0 Å². The van der Waals surface area contributed by atoms with Crippen LogP contribution in [0.3, 0.4) is 0 Å². The number of benzene rings is 1. The molecule has 6 nitrogen and oxygen atoms in total. The Kier molecular flexibility index (Phi) is 4.99. The van der Waals surface area contributed by atoms with Crippen LogP contribution < -0.4 is 15.8 Å². The normalized spacial score (nSPS) is 11.1. The molecule has 128 valence electrons. The van der Waals surface area contributed by atoms with Gasteiger partial charge in [-0.25, -0.2) is 4.98 Å². The molecule has 3 aromatic rings. The van der Waals surface area contributed by atoms with E-state index < -0.39 is 0 Å². The Morgan fingerprint density at radius 3 is 3.04 bits per heavy atom. The minimum atomic E-state index is -0.290. The first-order valence-electron chi connectivity index (χ1n) is 7.92. The Balaban J connectivity index is 1.67. The Bertz CT molecular complexity index is 915. The van der Waals surface area contributed by atoms with Gasteiger partial charge in [-0.05, 0) is 37.3 Å². The number of hydrogen-bond acceptors (Lipinski definition) is 5. The summed E-state index contributed by atoms with van der Waals surface area (Å²) in [5, 5.41) is 3.73. The first kappa shape index (κ1) is 16.6. The molecule has 0 aliphatic heterocycles. The van der Waals surface area contributed by atoms with Gasteiger partial charge in [0.2, 0.25) is 0 Å². The number of nitrogen functional groups attached to an aromatic ring is 1. The van der Waals surface area contributed by atoms with E-state index in [0.29, 0.717) is 23.5 Å². The molecule has 0 bridgehead atoms. The van der Waals surface area contributed by atoms with E-state index in [1.54, 1.807) is 18.3 Å². The highest BCUT2D eigenvalue weighted by molar-refractivity contribution is 5.98. The van der Waals surface area contributed by atoms with Crippen LogP contribution in [0.1, 0.15) is 23.0 Å². The Morgan fingerprint density at radius 2 is 2.24 bits per heavy atom. The average Bonchev–Trinajstić information content (AvgIpc) is 3.02. The summed E-state index contributed by atoms with van der Waals surface area (Å²) in [6.45, 7) is 2.72. The fourth-order valence-corrected chi connectivity index (χ4v) is 2.36. The van der Waals surface area contributed by atoms with Crippen molar-refractivity contribution in [1.29, 1.82) is 0 Å². The third kappa shape index (κ3) is 3.98. The van der Waals surface area contributed by atoms with Gasteiger partial charge in [-0.3, -0.25) is 4.79 Å². The fourth-order valence-electron chi connectivity index (χ4n) is 2.36. The number of anilines is 1. The number of rotatable bonds is 6. The summed E-state index contributed by atoms with van der Waals surface area (Å²) in [5.41, 5.74) is 6.76. The quantitative estimate of drug-likeness (QED) is 0.674. The molecule has 25 heavy (non-hydrogen) atoms. The molecule has 3 N–H and O–H groups in total. The van der Waals surface area contributed by atoms with Gasteiger partial charge in [-0.1, -0.05) is 12.2 Å². The lowest BCUT2D eigenvalue weighted by Crippen LogP contribution is -2.23. The zero-order valence-corrected chi connectivity index (χ0v) is 13.9. The van der Waals surface area contributed by atoms with Gasteiger partial charge in [-0.15, -0.1) is 0 Å². The lowest BCUT2D eigenvalue weighted by molar-refractivity contribution is 0.0949. The van der Waals surface area contributed by atoms with E-state index in [0.717, 1.165) is 11.1 Å². The monoisotopic (exact) mass is 337 g/mol. The zero-order valence-electron chi connectivity index (χ0n) is 13.9. The molecule has 0 fully saturated rings. The molecule has 2 aromatic heterocycles. The maximum absolute atomic E-state index is 12.2. The van der Waals surface area contributed by atoms with Crippen molar-refractivity contribution in [3.8, 4) is 5.75 Å². The fraction of sp³-hybridized carbons (Fsp3) is 0.158. The number of nitrogens with two attached hydrogens (primary N) is 1. The van der Waals surface area contributed by atoms with Crippen LogP contribution in [0.15, 0.2) is 59.2 Å². The number of allylic oxidation sites excluding steroid dienone is 1. The van der Waals surface area contributed by atoms with E-state index in [-0.39, 0.29) is 18.3 Å². The van der Waals surface area contributed by atoms with Crippen molar-refractivity contribution >= 4 is 22.7 Å². The molecule has 0 radical (unpaired) electrons. The molecule has 1 aromatic carbocycles. The van der Waals surface area contributed by atoms with Gasteiger partial charge >= 0.3 is 0 Å². The van der Waals surface area contributed by atoms with Gasteiger partial charge in [0.25, 0.3) is 5.91 Å². The zero-order chi connectivity index (χ0) is 17.6. The van der Waals surface area contributed by atoms with Crippen molar-refractivity contribution in [2.75, 3.05) is 12.3 Å². The number of amides is 1. The van der Waals surface area contributed by atoms with Crippen LogP contribution in [0.4, 0.5) is 5.82 Å². The van der Waals surface area contributed by atoms with Crippen LogP contribution in [0.2, 0.25) is 0 Å². The molecule has 3 rings (SSSR count). The number of nitrogens with zero attached hydrogens (tertiary/aromatic N) is 1. The Morgan fingerprint density at radius 1 is 1.36 bits per heavy atom. The summed E-state index contributed by atoms with van der Waals surface area (Å²) in [4.78, 5) is 16.1. The minimum Gasteiger partial charge on any atom is -0.489 e. The molecule has 0 aliphatic carbocycles. The highest BCUT2D eigenvalue weighted by atomic mass is 16.5. The lowest BCUT2D eigenvalue weighted by Gasteiger charge is -2.04. The summed E-state index contributed by atoms with van der Waals surface area (Å²) >= 11 is 0. The van der Waals surface area contributed by atoms with Crippen LogP contribution in [0, 0.1) is 0 Å². The second kappa shape index (κ2) is 7.53. The summed E-state index contributed by atoms with van der Waals surface area (Å²) < 4.78 is 11.4. The van der Waals surface area contributed by atoms with Crippen molar-refractivity contribution < 1.29 is 13.9 Å². The van der Waals surface area contributed by atoms with E-state index in [1.165, 1.54) is 0 Å². The largest absolute Gasteiger partial charge is 0.489 e. The van der Waals surface area contributed by atoms with Crippen molar-refractivity contribution in [3.63, 3.8) is 0 Å². The van der Waals surface area contributed by atoms with Crippen molar-refractivity contribution in [3.05, 3.63) is 66.1 Å². The van der Waals surface area contributed by atoms with Crippen molar-refractivity contribution in [2.45, 2.75) is 13.5 Å². The van der Waals surface area contributed by atoms with Gasteiger partial charge < -0.3 is 20.2 Å². The lowest BCUT2D eigenvalue weighted by atomic mass is 10.2. The number of aromatic nitrogens is 1. The summed E-state index contributed by atoms with van der Waals surface area (Å²) in [6.07, 6.45) is 5.40. The molecule has 0 saturated carbocycles. The number of pyridine rings is 1. The average molecular weight is 337 g/mol. The number of carbonyl (C=O) groups excluding carboxylic acids is 1. The third-order valence-electron chi connectivity index (χ3n) is 3.63. The van der Waals surface area contributed by atoms with Crippen LogP contribution in [-0.2, 0) is 6.54 Å². The molecule has 2 heterocycles. The predicted molar refractivity (Wildman–Crippen MR) is 96.3 cm³/mol. The number of hydrogen-bond donors (Lipinski definition) is 2. The van der Waals surface area contributed by atoms with Crippen LogP contribution in [0.25, 0.3) is 11.0 Å².